The van der Waals surface area contributed by atoms with Gasteiger partial charge >= 0.3 is 12.0 Å². The molecule has 0 bridgehead atoms. The Hall–Kier alpha value is -2.74. The number of hydroxylamine groups is 1. The Balaban J connectivity index is 2.31. The van der Waals surface area contributed by atoms with E-state index in [1.54, 1.807) is 32.0 Å². The van der Waals surface area contributed by atoms with Crippen LogP contribution in [0.25, 0.3) is 11.0 Å². The molecule has 23 heavy (non-hydrogen) atoms. The molecule has 8 nitrogen and oxygen atoms in total. The number of nitrogens with one attached hydrogen (secondary N) is 2. The minimum atomic E-state index is -0.718. The number of methoxy groups -OCH3 is 1. The minimum absolute atomic E-state index is 0.200. The van der Waals surface area contributed by atoms with Crippen LogP contribution in [0.3, 0.4) is 0 Å². The summed E-state index contributed by atoms with van der Waals surface area (Å²) in [5, 5.41) is 11.9. The molecule has 124 valence electrons. The molecule has 0 aliphatic carbocycles. The molecule has 0 saturated heterocycles. The zero-order valence-electron chi connectivity index (χ0n) is 13.0. The van der Waals surface area contributed by atoms with E-state index in [0.29, 0.717) is 17.1 Å². The van der Waals surface area contributed by atoms with Crippen LogP contribution >= 0.6 is 0 Å². The monoisotopic (exact) mass is 322 g/mol. The number of furan rings is 1. The summed E-state index contributed by atoms with van der Waals surface area (Å²) in [5.41, 5.74) is 2.90. The number of benzene rings is 1. The Bertz CT molecular complexity index is 724. The second kappa shape index (κ2) is 7.01. The molecule has 1 aromatic heterocycles. The molecule has 0 radical (unpaired) electrons. The van der Waals surface area contributed by atoms with E-state index < -0.39 is 18.0 Å². The van der Waals surface area contributed by atoms with Crippen molar-refractivity contribution in [2.45, 2.75) is 19.9 Å². The highest BCUT2D eigenvalue weighted by molar-refractivity contribution is 5.85. The first-order valence-corrected chi connectivity index (χ1v) is 6.89. The van der Waals surface area contributed by atoms with Crippen LogP contribution in [0.15, 0.2) is 22.6 Å². The van der Waals surface area contributed by atoms with Crippen LogP contribution in [0, 0.1) is 6.92 Å². The first-order chi connectivity index (χ1) is 11.0. The number of ether oxygens (including phenoxy) is 2. The molecule has 0 saturated carbocycles. The Labute approximate surface area is 132 Å². The normalized spacial score (nSPS) is 11.8. The summed E-state index contributed by atoms with van der Waals surface area (Å²) in [7, 11) is 1.28. The molecule has 1 heterocycles. The summed E-state index contributed by atoms with van der Waals surface area (Å²) in [6, 6.07) is 4.00. The maximum atomic E-state index is 11.3. The third-order valence-electron chi connectivity index (χ3n) is 3.35. The van der Waals surface area contributed by atoms with Gasteiger partial charge in [-0.25, -0.2) is 15.1 Å². The molecule has 2 aromatic rings. The summed E-state index contributed by atoms with van der Waals surface area (Å²) >= 11 is 0. The molecule has 8 heteroatoms. The van der Waals surface area contributed by atoms with Crippen molar-refractivity contribution >= 4 is 23.0 Å². The molecule has 1 unspecified atom stereocenters. The fourth-order valence-corrected chi connectivity index (χ4v) is 2.35. The lowest BCUT2D eigenvalue weighted by atomic mass is 10.0. The number of carbonyl (C=O) groups is 2. The van der Waals surface area contributed by atoms with Gasteiger partial charge in [0, 0.05) is 10.9 Å². The van der Waals surface area contributed by atoms with Crippen molar-refractivity contribution in [3.05, 3.63) is 29.5 Å². The van der Waals surface area contributed by atoms with Gasteiger partial charge in [-0.3, -0.25) is 5.21 Å². The van der Waals surface area contributed by atoms with Crippen LogP contribution in [0.5, 0.6) is 5.75 Å². The van der Waals surface area contributed by atoms with E-state index in [-0.39, 0.29) is 6.61 Å². The van der Waals surface area contributed by atoms with Gasteiger partial charge in [0.25, 0.3) is 0 Å². The Morgan fingerprint density at radius 1 is 1.39 bits per heavy atom. The number of rotatable bonds is 5. The molecule has 0 aliphatic heterocycles. The average Bonchev–Trinajstić information content (AvgIpc) is 2.87. The van der Waals surface area contributed by atoms with Crippen LogP contribution in [0.1, 0.15) is 24.3 Å². The predicted octanol–water partition coefficient (Wildman–Crippen LogP) is 2.04. The van der Waals surface area contributed by atoms with Crippen molar-refractivity contribution in [3.63, 3.8) is 0 Å². The van der Waals surface area contributed by atoms with E-state index in [2.05, 4.69) is 10.1 Å². The standard InChI is InChI=1S/C15H18N2O6/c1-8(16-15(19)17-20)14-9(2)23-12-5-4-10(6-11(12)14)22-7-13(18)21-3/h4-6,8,20H,7H2,1-3H3,(H2,16,17,19). The zero-order chi connectivity index (χ0) is 17.0. The van der Waals surface area contributed by atoms with Crippen molar-refractivity contribution in [3.8, 4) is 5.75 Å². The number of hydrogen-bond acceptors (Lipinski definition) is 6. The van der Waals surface area contributed by atoms with Crippen LogP contribution in [-0.2, 0) is 9.53 Å². The SMILES string of the molecule is COC(=O)COc1ccc2oc(C)c(C(C)NC(=O)NO)c2c1. The summed E-state index contributed by atoms with van der Waals surface area (Å²) in [4.78, 5) is 22.4. The smallest absolute Gasteiger partial charge is 0.343 e. The average molecular weight is 322 g/mol. The first kappa shape index (κ1) is 16.6. The number of aryl methyl sites for hydroxylation is 1. The molecule has 1 aromatic carbocycles. The van der Waals surface area contributed by atoms with E-state index in [1.807, 2.05) is 0 Å². The molecule has 0 aliphatic rings. The van der Waals surface area contributed by atoms with Crippen LogP contribution in [0.2, 0.25) is 0 Å². The zero-order valence-corrected chi connectivity index (χ0v) is 13.0. The lowest BCUT2D eigenvalue weighted by Gasteiger charge is -2.13. The Morgan fingerprint density at radius 2 is 2.13 bits per heavy atom. The van der Waals surface area contributed by atoms with Gasteiger partial charge in [0.15, 0.2) is 6.61 Å². The lowest BCUT2D eigenvalue weighted by molar-refractivity contribution is -0.142. The maximum absolute atomic E-state index is 11.3. The van der Waals surface area contributed by atoms with E-state index in [4.69, 9.17) is 14.4 Å². The Kier molecular flexibility index (Phi) is 5.07. The largest absolute Gasteiger partial charge is 0.482 e. The van der Waals surface area contributed by atoms with Gasteiger partial charge in [-0.05, 0) is 32.0 Å². The van der Waals surface area contributed by atoms with Gasteiger partial charge < -0.3 is 19.2 Å². The van der Waals surface area contributed by atoms with E-state index in [1.165, 1.54) is 12.6 Å². The van der Waals surface area contributed by atoms with Crippen molar-refractivity contribution in [1.82, 2.24) is 10.8 Å². The molecule has 2 rings (SSSR count). The van der Waals surface area contributed by atoms with Crippen molar-refractivity contribution in [1.29, 1.82) is 0 Å². The van der Waals surface area contributed by atoms with Crippen LogP contribution in [-0.4, -0.2) is 30.9 Å². The van der Waals surface area contributed by atoms with Crippen LogP contribution < -0.4 is 15.5 Å². The van der Waals surface area contributed by atoms with E-state index in [0.717, 1.165) is 10.9 Å². The highest BCUT2D eigenvalue weighted by atomic mass is 16.6. The number of urea groups is 1. The summed E-state index contributed by atoms with van der Waals surface area (Å²) in [6.45, 7) is 3.34. The second-order valence-corrected chi connectivity index (χ2v) is 4.90. The van der Waals surface area contributed by atoms with E-state index in [9.17, 15) is 9.59 Å². The third-order valence-corrected chi connectivity index (χ3v) is 3.35. The van der Waals surface area contributed by atoms with Gasteiger partial charge in [-0.1, -0.05) is 0 Å². The fourth-order valence-electron chi connectivity index (χ4n) is 2.35. The lowest BCUT2D eigenvalue weighted by Crippen LogP contribution is -2.35. The highest BCUT2D eigenvalue weighted by Gasteiger charge is 2.19. The number of fused-ring (bicyclic) bond motifs is 1. The minimum Gasteiger partial charge on any atom is -0.482 e. The topological polar surface area (TPSA) is 110 Å². The predicted molar refractivity (Wildman–Crippen MR) is 80.3 cm³/mol. The number of hydrogen-bond donors (Lipinski definition) is 3. The first-order valence-electron chi connectivity index (χ1n) is 6.89. The van der Waals surface area contributed by atoms with Crippen LogP contribution in [0.4, 0.5) is 4.79 Å². The number of amides is 2. The molecule has 0 spiro atoms. The van der Waals surface area contributed by atoms with Gasteiger partial charge in [-0.15, -0.1) is 0 Å². The third kappa shape index (κ3) is 3.72. The van der Waals surface area contributed by atoms with Gasteiger partial charge in [0.2, 0.25) is 0 Å². The number of carbonyl (C=O) groups excluding carboxylic acids is 2. The molecule has 3 N–H and O–H groups in total. The maximum Gasteiger partial charge on any atom is 0.343 e. The fraction of sp³-hybridized carbons (Fsp3) is 0.333. The van der Waals surface area contributed by atoms with Gasteiger partial charge in [-0.2, -0.15) is 0 Å². The van der Waals surface area contributed by atoms with Crippen molar-refractivity contribution < 1.29 is 28.7 Å². The van der Waals surface area contributed by atoms with E-state index >= 15 is 0 Å². The molecular weight excluding hydrogens is 304 g/mol. The molecule has 2 amide bonds. The van der Waals surface area contributed by atoms with Crippen molar-refractivity contribution in [2.24, 2.45) is 0 Å². The highest BCUT2D eigenvalue weighted by Crippen LogP contribution is 2.33. The van der Waals surface area contributed by atoms with Gasteiger partial charge in [0.1, 0.15) is 17.1 Å². The van der Waals surface area contributed by atoms with Gasteiger partial charge in [0.05, 0.1) is 13.2 Å². The molecule has 0 fully saturated rings. The van der Waals surface area contributed by atoms with Crippen molar-refractivity contribution in [2.75, 3.05) is 13.7 Å². The second-order valence-electron chi connectivity index (χ2n) is 4.90. The quantitative estimate of drug-likeness (QED) is 0.441. The summed E-state index contributed by atoms with van der Waals surface area (Å²) in [5.74, 6) is 0.628. The Morgan fingerprint density at radius 3 is 2.78 bits per heavy atom. The summed E-state index contributed by atoms with van der Waals surface area (Å²) in [6.07, 6.45) is 0. The molecule has 1 atom stereocenters. The number of esters is 1. The summed E-state index contributed by atoms with van der Waals surface area (Å²) < 4.78 is 15.5. The molecular formula is C15H18N2O6.